The monoisotopic (exact) mass is 109 g/mol. The maximum atomic E-state index is 8.34. The van der Waals surface area contributed by atoms with Gasteiger partial charge >= 0.3 is 0 Å². The predicted molar refractivity (Wildman–Crippen MR) is 33.7 cm³/mol. The Morgan fingerprint density at radius 1 is 1.75 bits per heavy atom. The first-order chi connectivity index (χ1) is 3.85. The van der Waals surface area contributed by atoms with Gasteiger partial charge in [-0.1, -0.05) is 20.3 Å². The third-order valence-electron chi connectivity index (χ3n) is 1.06. The standard InChI is InChI=1S/C7H11N/c1-3-5-7(4-2)6-8/h1,3-5H2,2H3. The van der Waals surface area contributed by atoms with Crippen LogP contribution in [-0.2, 0) is 0 Å². The van der Waals surface area contributed by atoms with E-state index in [1.807, 2.05) is 6.92 Å². The average Bonchev–Trinajstić information content (AvgIpc) is 1.83. The molecule has 0 aliphatic carbocycles. The Bertz CT molecular complexity index is 80.9. The van der Waals surface area contributed by atoms with Crippen molar-refractivity contribution < 1.29 is 0 Å². The summed E-state index contributed by atoms with van der Waals surface area (Å²) in [5.74, 6) is 0.958. The van der Waals surface area contributed by atoms with Gasteiger partial charge in [-0.3, -0.25) is 0 Å². The topological polar surface area (TPSA) is 23.8 Å². The first-order valence-corrected chi connectivity index (χ1v) is 2.89. The van der Waals surface area contributed by atoms with Crippen LogP contribution >= 0.6 is 0 Å². The smallest absolute Gasteiger partial charge is 0.0757 e. The van der Waals surface area contributed by atoms with Crippen LogP contribution in [0.5, 0.6) is 0 Å². The number of hydrogen-bond donors (Lipinski definition) is 0. The minimum absolute atomic E-state index is 0.844. The van der Waals surface area contributed by atoms with Crippen molar-refractivity contribution >= 4 is 0 Å². The number of nitrogens with zero attached hydrogens (tertiary/aromatic N) is 1. The summed E-state index contributed by atoms with van der Waals surface area (Å²) in [6.07, 6.45) is 2.59. The van der Waals surface area contributed by atoms with E-state index >= 15 is 0 Å². The quantitative estimate of drug-likeness (QED) is 0.544. The van der Waals surface area contributed by atoms with E-state index in [9.17, 15) is 0 Å². The molecule has 1 heteroatoms. The van der Waals surface area contributed by atoms with Crippen molar-refractivity contribution in [1.82, 2.24) is 0 Å². The van der Waals surface area contributed by atoms with Gasteiger partial charge in [0.1, 0.15) is 0 Å². The second kappa shape index (κ2) is 4.64. The lowest BCUT2D eigenvalue weighted by atomic mass is 10.0. The lowest BCUT2D eigenvalue weighted by molar-refractivity contribution is 0.825. The lowest BCUT2D eigenvalue weighted by Gasteiger charge is -1.98. The molecule has 44 valence electrons. The van der Waals surface area contributed by atoms with Gasteiger partial charge in [0.25, 0.3) is 0 Å². The van der Waals surface area contributed by atoms with E-state index in [2.05, 4.69) is 13.0 Å². The summed E-state index contributed by atoms with van der Waals surface area (Å²) in [5, 5.41) is 8.34. The number of rotatable bonds is 3. The van der Waals surface area contributed by atoms with Gasteiger partial charge in [0, 0.05) is 0 Å². The first-order valence-electron chi connectivity index (χ1n) is 2.89. The summed E-state index contributed by atoms with van der Waals surface area (Å²) in [7, 11) is 0. The molecule has 0 aromatic heterocycles. The molecule has 0 aromatic rings. The number of nitriles is 1. The SMILES string of the molecule is [CH2]CC[C](C#N)CC. The molecule has 0 aliphatic heterocycles. The van der Waals surface area contributed by atoms with Crippen LogP contribution in [0.25, 0.3) is 0 Å². The second-order valence-electron chi connectivity index (χ2n) is 1.67. The molecule has 0 heterocycles. The molecule has 0 fully saturated rings. The van der Waals surface area contributed by atoms with Crippen molar-refractivity contribution in [2.75, 3.05) is 0 Å². The van der Waals surface area contributed by atoms with Gasteiger partial charge in [0.05, 0.1) is 12.0 Å². The molecule has 0 spiro atoms. The molecule has 0 amide bonds. The first kappa shape index (κ1) is 7.49. The van der Waals surface area contributed by atoms with Crippen molar-refractivity contribution in [3.05, 3.63) is 12.8 Å². The lowest BCUT2D eigenvalue weighted by Crippen LogP contribution is -1.88. The highest BCUT2D eigenvalue weighted by molar-refractivity contribution is 5.09. The van der Waals surface area contributed by atoms with Crippen LogP contribution in [0.15, 0.2) is 0 Å². The summed E-state index contributed by atoms with van der Waals surface area (Å²) in [4.78, 5) is 0. The van der Waals surface area contributed by atoms with Crippen molar-refractivity contribution in [2.24, 2.45) is 0 Å². The zero-order valence-corrected chi connectivity index (χ0v) is 5.28. The maximum absolute atomic E-state index is 8.34. The summed E-state index contributed by atoms with van der Waals surface area (Å²) in [6, 6.07) is 2.13. The zero-order valence-electron chi connectivity index (χ0n) is 5.28. The highest BCUT2D eigenvalue weighted by Gasteiger charge is 2.00. The summed E-state index contributed by atoms with van der Waals surface area (Å²) >= 11 is 0. The molecular weight excluding hydrogens is 98.1 g/mol. The third-order valence-corrected chi connectivity index (χ3v) is 1.06. The number of hydrogen-bond acceptors (Lipinski definition) is 1. The Hall–Kier alpha value is -0.510. The molecule has 0 saturated carbocycles. The van der Waals surface area contributed by atoms with Crippen LogP contribution in [-0.4, -0.2) is 0 Å². The van der Waals surface area contributed by atoms with Crippen LogP contribution < -0.4 is 0 Å². The highest BCUT2D eigenvalue weighted by Crippen LogP contribution is 2.10. The maximum Gasteiger partial charge on any atom is 0.0757 e. The fourth-order valence-electron chi connectivity index (χ4n) is 0.525. The van der Waals surface area contributed by atoms with Crippen LogP contribution in [0.1, 0.15) is 26.2 Å². The second-order valence-corrected chi connectivity index (χ2v) is 1.67. The zero-order chi connectivity index (χ0) is 6.41. The fourth-order valence-corrected chi connectivity index (χ4v) is 0.525. The van der Waals surface area contributed by atoms with Crippen molar-refractivity contribution in [3.8, 4) is 6.07 Å². The fraction of sp³-hybridized carbons (Fsp3) is 0.571. The van der Waals surface area contributed by atoms with Gasteiger partial charge in [-0.25, -0.2) is 0 Å². The van der Waals surface area contributed by atoms with Crippen LogP contribution in [0.4, 0.5) is 0 Å². The van der Waals surface area contributed by atoms with E-state index in [1.165, 1.54) is 0 Å². The molecule has 1 nitrogen and oxygen atoms in total. The van der Waals surface area contributed by atoms with Crippen molar-refractivity contribution in [3.63, 3.8) is 0 Å². The van der Waals surface area contributed by atoms with Crippen molar-refractivity contribution in [2.45, 2.75) is 26.2 Å². The Labute approximate surface area is 51.3 Å². The Morgan fingerprint density at radius 3 is 2.50 bits per heavy atom. The highest BCUT2D eigenvalue weighted by atomic mass is 14.3. The van der Waals surface area contributed by atoms with E-state index in [4.69, 9.17) is 5.26 Å². The molecule has 0 saturated heterocycles. The van der Waals surface area contributed by atoms with Crippen LogP contribution in [0.2, 0.25) is 0 Å². The molecular formula is C7H11N. The summed E-state index contributed by atoms with van der Waals surface area (Å²) in [5.41, 5.74) is 0. The Balaban J connectivity index is 3.26. The van der Waals surface area contributed by atoms with Crippen molar-refractivity contribution in [1.29, 1.82) is 5.26 Å². The van der Waals surface area contributed by atoms with Gasteiger partial charge < -0.3 is 0 Å². The van der Waals surface area contributed by atoms with E-state index < -0.39 is 0 Å². The molecule has 0 N–H and O–H groups in total. The molecule has 0 aromatic carbocycles. The summed E-state index contributed by atoms with van der Waals surface area (Å²) < 4.78 is 0. The van der Waals surface area contributed by atoms with Crippen LogP contribution in [0.3, 0.4) is 0 Å². The van der Waals surface area contributed by atoms with Gasteiger partial charge in [-0.2, -0.15) is 5.26 Å². The minimum Gasteiger partial charge on any atom is -0.198 e. The van der Waals surface area contributed by atoms with Gasteiger partial charge in [0.15, 0.2) is 0 Å². The molecule has 0 bridgehead atoms. The third kappa shape index (κ3) is 2.63. The van der Waals surface area contributed by atoms with E-state index in [1.54, 1.807) is 0 Å². The Kier molecular flexibility index (Phi) is 4.35. The van der Waals surface area contributed by atoms with Gasteiger partial charge in [0.2, 0.25) is 0 Å². The minimum atomic E-state index is 0.844. The molecule has 0 atom stereocenters. The average molecular weight is 109 g/mol. The van der Waals surface area contributed by atoms with Crippen LogP contribution in [0, 0.1) is 24.2 Å². The largest absolute Gasteiger partial charge is 0.198 e. The molecule has 8 heavy (non-hydrogen) atoms. The Morgan fingerprint density at radius 2 is 2.38 bits per heavy atom. The predicted octanol–water partition coefficient (Wildman–Crippen LogP) is 2.11. The molecule has 2 radical (unpaired) electrons. The van der Waals surface area contributed by atoms with E-state index in [-0.39, 0.29) is 0 Å². The molecule has 0 unspecified atom stereocenters. The molecule has 0 aliphatic rings. The van der Waals surface area contributed by atoms with E-state index in [0.29, 0.717) is 0 Å². The normalized spacial score (nSPS) is 9.25. The van der Waals surface area contributed by atoms with Gasteiger partial charge in [-0.15, -0.1) is 0 Å². The van der Waals surface area contributed by atoms with Gasteiger partial charge in [-0.05, 0) is 12.8 Å². The summed E-state index contributed by atoms with van der Waals surface area (Å²) in [6.45, 7) is 5.64. The van der Waals surface area contributed by atoms with E-state index in [0.717, 1.165) is 25.2 Å². The molecule has 0 rings (SSSR count).